The summed E-state index contributed by atoms with van der Waals surface area (Å²) in [6.45, 7) is 3.23. The van der Waals surface area contributed by atoms with Crippen molar-refractivity contribution in [1.82, 2.24) is 0 Å². The van der Waals surface area contributed by atoms with Crippen LogP contribution in [-0.2, 0) is 34.1 Å². The molecule has 0 fully saturated rings. The van der Waals surface area contributed by atoms with Crippen LogP contribution < -0.4 is 0 Å². The maximum Gasteiger partial charge on any atom is 4.00 e. The van der Waals surface area contributed by atoms with Gasteiger partial charge in [0.2, 0.25) is 0 Å². The topological polar surface area (TPSA) is 0 Å². The maximum absolute atomic E-state index is 11.9. The Bertz CT molecular complexity index is 837. The summed E-state index contributed by atoms with van der Waals surface area (Å²) >= 11 is 0. The summed E-state index contributed by atoms with van der Waals surface area (Å²) in [6.07, 6.45) is 11.5. The Hall–Kier alpha value is -2.31. The van der Waals surface area contributed by atoms with Crippen LogP contribution >= 0.6 is 0 Å². The van der Waals surface area contributed by atoms with Crippen LogP contribution in [0.1, 0.15) is 35.1 Å². The summed E-state index contributed by atoms with van der Waals surface area (Å²) in [4.78, 5) is 0. The van der Waals surface area contributed by atoms with Crippen LogP contribution in [-0.4, -0.2) is 0 Å². The molecular formula is C26H22F6Ti. The number of aryl methyl sites for hydroxylation is 2. The van der Waals surface area contributed by atoms with Crippen molar-refractivity contribution in [3.63, 3.8) is 0 Å². The predicted octanol–water partition coefficient (Wildman–Crippen LogP) is 8.24. The molecule has 0 unspecified atom stereocenters. The number of rotatable bonds is 0. The number of hydrogen-bond acceptors (Lipinski definition) is 0. The van der Waals surface area contributed by atoms with Gasteiger partial charge in [-0.05, 0) is 0 Å². The van der Waals surface area contributed by atoms with Crippen LogP contribution in [0.5, 0.6) is 0 Å². The summed E-state index contributed by atoms with van der Waals surface area (Å²) in [5, 5.41) is 0. The minimum absolute atomic E-state index is 0. The molecule has 172 valence electrons. The molecule has 4 rings (SSSR count). The number of hydrogen-bond donors (Lipinski definition) is 0. The van der Waals surface area contributed by atoms with Gasteiger partial charge >= 0.3 is 34.1 Å². The van der Waals surface area contributed by atoms with Gasteiger partial charge in [-0.1, -0.05) is 25.0 Å². The van der Waals surface area contributed by atoms with Gasteiger partial charge in [0.05, 0.1) is 0 Å². The first-order valence-electron chi connectivity index (χ1n) is 9.54. The molecule has 0 nitrogen and oxygen atoms in total. The van der Waals surface area contributed by atoms with E-state index < -0.39 is 23.5 Å². The molecule has 2 aromatic carbocycles. The fourth-order valence-electron chi connectivity index (χ4n) is 2.17. The molecule has 0 atom stereocenters. The fourth-order valence-corrected chi connectivity index (χ4v) is 2.17. The molecule has 7 heteroatoms. The summed E-state index contributed by atoms with van der Waals surface area (Å²) in [5.41, 5.74) is -0.234. The van der Waals surface area contributed by atoms with Gasteiger partial charge in [-0.15, -0.1) is 12.8 Å². The molecule has 0 radical (unpaired) electrons. The van der Waals surface area contributed by atoms with Gasteiger partial charge in [-0.25, -0.2) is 24.3 Å². The van der Waals surface area contributed by atoms with E-state index in [9.17, 15) is 26.3 Å². The second kappa shape index (κ2) is 15.5. The van der Waals surface area contributed by atoms with Gasteiger partial charge in [0, 0.05) is 0 Å². The molecule has 0 aromatic heterocycles. The van der Waals surface area contributed by atoms with Crippen LogP contribution in [0.15, 0.2) is 72.9 Å². The van der Waals surface area contributed by atoms with E-state index in [-0.39, 0.29) is 21.7 Å². The Balaban J connectivity index is 0.000000434. The quantitative estimate of drug-likeness (QED) is 0.196. The van der Waals surface area contributed by atoms with Crippen molar-refractivity contribution in [2.24, 2.45) is 0 Å². The predicted molar refractivity (Wildman–Crippen MR) is 113 cm³/mol. The first kappa shape index (κ1) is 30.7. The van der Waals surface area contributed by atoms with Gasteiger partial charge in [0.1, 0.15) is 0 Å². The Morgan fingerprint density at radius 1 is 0.667 bits per heavy atom. The molecule has 0 aliphatic heterocycles. The molecule has 33 heavy (non-hydrogen) atoms. The first-order valence-corrected chi connectivity index (χ1v) is 9.54. The molecule has 0 heterocycles. The second-order valence-electron chi connectivity index (χ2n) is 6.56. The number of benzene rings is 2. The fraction of sp³-hybridized carbons (Fsp3) is 0.231. The summed E-state index contributed by atoms with van der Waals surface area (Å²) in [5.74, 6) is 0. The number of allylic oxidation sites excluding steroid dienone is 8. The Labute approximate surface area is 206 Å². The minimum Gasteiger partial charge on any atom is -0.273 e. The SMILES string of the molecule is Cc1cc[c-]c(C(F)(F)F)c1.Cc1cc[c-]c(C(F)(F)F)c1.[C-]1=CC=CC1.[C-]1=CC=CC1.[Ti+4]. The van der Waals surface area contributed by atoms with Crippen LogP contribution in [0.25, 0.3) is 0 Å². The average molecular weight is 496 g/mol. The minimum atomic E-state index is -4.27. The maximum atomic E-state index is 11.9. The molecule has 0 N–H and O–H groups in total. The van der Waals surface area contributed by atoms with E-state index in [0.717, 1.165) is 25.0 Å². The number of halogens is 6. The number of alkyl halides is 6. The standard InChI is InChI=1S/2C8H6F3.2C5H5.Ti/c2*1-6-3-2-4-7(5-6)8(9,10)11;2*1-2-4-5-3-1;/h2*2-3,5H,1H3;2*1-3H,4H2;/q4*-1;+4. The van der Waals surface area contributed by atoms with Crippen molar-refractivity contribution >= 4 is 0 Å². The molecule has 2 aromatic rings. The molecule has 0 saturated carbocycles. The second-order valence-corrected chi connectivity index (χ2v) is 6.56. The third-order valence-corrected chi connectivity index (χ3v) is 3.70. The zero-order valence-electron chi connectivity index (χ0n) is 18.1. The summed E-state index contributed by atoms with van der Waals surface area (Å²) < 4.78 is 71.6. The third kappa shape index (κ3) is 14.5. The zero-order valence-corrected chi connectivity index (χ0v) is 19.7. The van der Waals surface area contributed by atoms with E-state index in [1.807, 2.05) is 24.3 Å². The first-order chi connectivity index (χ1) is 15.0. The third-order valence-electron chi connectivity index (χ3n) is 3.70. The zero-order chi connectivity index (χ0) is 24.0. The van der Waals surface area contributed by atoms with Crippen LogP contribution in [0.3, 0.4) is 0 Å². The van der Waals surface area contributed by atoms with Crippen LogP contribution in [0, 0.1) is 38.1 Å². The normalized spacial score (nSPS) is 13.1. The van der Waals surface area contributed by atoms with Crippen LogP contribution in [0.4, 0.5) is 26.3 Å². The molecule has 0 amide bonds. The van der Waals surface area contributed by atoms with Crippen molar-refractivity contribution in [3.05, 3.63) is 119 Å². The van der Waals surface area contributed by atoms with Crippen molar-refractivity contribution in [2.45, 2.75) is 39.0 Å². The molecule has 0 spiro atoms. The van der Waals surface area contributed by atoms with Gasteiger partial charge in [-0.2, -0.15) is 98.2 Å². The summed E-state index contributed by atoms with van der Waals surface area (Å²) in [6, 6.07) is 12.1. The van der Waals surface area contributed by atoms with Gasteiger partial charge in [0.15, 0.2) is 0 Å². The smallest absolute Gasteiger partial charge is 0.273 e. The Kier molecular flexibility index (Phi) is 14.4. The summed E-state index contributed by atoms with van der Waals surface area (Å²) in [7, 11) is 0. The van der Waals surface area contributed by atoms with Crippen molar-refractivity contribution in [1.29, 1.82) is 0 Å². The van der Waals surface area contributed by atoms with Crippen molar-refractivity contribution in [2.75, 3.05) is 0 Å². The van der Waals surface area contributed by atoms with E-state index in [1.54, 1.807) is 26.0 Å². The monoisotopic (exact) mass is 496 g/mol. The van der Waals surface area contributed by atoms with E-state index >= 15 is 0 Å². The largest absolute Gasteiger partial charge is 4.00 e. The van der Waals surface area contributed by atoms with E-state index in [0.29, 0.717) is 11.1 Å². The van der Waals surface area contributed by atoms with E-state index in [4.69, 9.17) is 0 Å². The van der Waals surface area contributed by atoms with Crippen molar-refractivity contribution < 1.29 is 48.1 Å². The van der Waals surface area contributed by atoms with Crippen molar-refractivity contribution in [3.8, 4) is 0 Å². The molecule has 2 aliphatic carbocycles. The van der Waals surface area contributed by atoms with E-state index in [1.165, 1.54) is 12.1 Å². The Morgan fingerprint density at radius 3 is 1.18 bits per heavy atom. The average Bonchev–Trinajstić information content (AvgIpc) is 3.46. The molecular weight excluding hydrogens is 474 g/mol. The van der Waals surface area contributed by atoms with Crippen LogP contribution in [0.2, 0.25) is 0 Å². The molecule has 2 aliphatic rings. The molecule has 0 saturated heterocycles. The Morgan fingerprint density at radius 2 is 1.03 bits per heavy atom. The van der Waals surface area contributed by atoms with Gasteiger partial charge in [-0.3, -0.25) is 12.2 Å². The molecule has 0 bridgehead atoms. The van der Waals surface area contributed by atoms with E-state index in [2.05, 4.69) is 36.4 Å². The van der Waals surface area contributed by atoms with Gasteiger partial charge < -0.3 is 0 Å². The van der Waals surface area contributed by atoms with Gasteiger partial charge in [0.25, 0.3) is 0 Å².